The van der Waals surface area contributed by atoms with Crippen LogP contribution in [-0.4, -0.2) is 17.0 Å². The summed E-state index contributed by atoms with van der Waals surface area (Å²) in [5, 5.41) is 9.93. The fourth-order valence-electron chi connectivity index (χ4n) is 5.34. The van der Waals surface area contributed by atoms with E-state index in [0.717, 1.165) is 64.2 Å². The van der Waals surface area contributed by atoms with Crippen molar-refractivity contribution in [3.8, 4) is 48.4 Å². The first-order valence-corrected chi connectivity index (χ1v) is 19.4. The van der Waals surface area contributed by atoms with E-state index < -0.39 is 6.10 Å². The number of terminal acetylenes is 2. The van der Waals surface area contributed by atoms with Crippen LogP contribution < -0.4 is 0 Å². The summed E-state index contributed by atoms with van der Waals surface area (Å²) in [4.78, 5) is 11.0. The zero-order valence-corrected chi connectivity index (χ0v) is 30.5. The molecule has 0 spiro atoms. The molecule has 0 rings (SSSR count). The summed E-state index contributed by atoms with van der Waals surface area (Å²) < 4.78 is 0. The molecule has 0 aromatic heterocycles. The number of hydrogen-bond donors (Lipinski definition) is 1. The third-order valence-electron chi connectivity index (χ3n) is 8.26. The average Bonchev–Trinajstić information content (AvgIpc) is 3.09. The number of aliphatic hydroxyl groups is 1. The molecule has 0 heterocycles. The molecule has 0 aliphatic carbocycles. The third kappa shape index (κ3) is 39.0. The van der Waals surface area contributed by atoms with Gasteiger partial charge in [-0.1, -0.05) is 150 Å². The fourth-order valence-corrected chi connectivity index (χ4v) is 5.34. The molecule has 0 fully saturated rings. The average molecular weight is 653 g/mol. The van der Waals surface area contributed by atoms with E-state index >= 15 is 0 Å². The quantitative estimate of drug-likeness (QED) is 0.0266. The molecular formula is C46H68O2. The van der Waals surface area contributed by atoms with E-state index in [9.17, 15) is 9.90 Å². The van der Waals surface area contributed by atoms with Crippen LogP contribution in [-0.2, 0) is 4.79 Å². The van der Waals surface area contributed by atoms with Gasteiger partial charge in [-0.3, -0.25) is 4.79 Å². The lowest BCUT2D eigenvalue weighted by molar-refractivity contribution is -0.109. The largest absolute Gasteiger partial charge is 0.369 e. The predicted octanol–water partition coefficient (Wildman–Crippen LogP) is 12.3. The number of aliphatic hydroxyl groups excluding tert-OH is 1. The third-order valence-corrected chi connectivity index (χ3v) is 8.26. The van der Waals surface area contributed by atoms with Gasteiger partial charge in [0.1, 0.15) is 0 Å². The Morgan fingerprint density at radius 2 is 0.917 bits per heavy atom. The van der Waals surface area contributed by atoms with Crippen LogP contribution in [0, 0.1) is 48.4 Å². The molecule has 264 valence electrons. The Morgan fingerprint density at radius 1 is 0.500 bits per heavy atom. The van der Waals surface area contributed by atoms with Gasteiger partial charge in [0.05, 0.1) is 0 Å². The topological polar surface area (TPSA) is 37.3 Å². The number of carbonyl (C=O) groups excluding carboxylic acids is 1. The summed E-state index contributed by atoms with van der Waals surface area (Å²) in [6, 6.07) is 0. The van der Waals surface area contributed by atoms with Crippen LogP contribution in [0.4, 0.5) is 0 Å². The monoisotopic (exact) mass is 653 g/mol. The van der Waals surface area contributed by atoms with Gasteiger partial charge in [-0.15, -0.1) is 18.8 Å². The molecule has 0 aliphatic heterocycles. The van der Waals surface area contributed by atoms with Crippen LogP contribution in [0.3, 0.4) is 0 Å². The molecular weight excluding hydrogens is 585 g/mol. The summed E-state index contributed by atoms with van der Waals surface area (Å²) >= 11 is 0. The first kappa shape index (κ1) is 44.8. The summed E-state index contributed by atoms with van der Waals surface area (Å²) in [5.41, 5.74) is 0. The van der Waals surface area contributed by atoms with Crippen LogP contribution in [0.1, 0.15) is 180 Å². The Kier molecular flexibility index (Phi) is 37.4. The molecule has 0 aromatic carbocycles. The number of unbranched alkanes of at least 4 members (excludes halogenated alkanes) is 24. The van der Waals surface area contributed by atoms with E-state index in [0.29, 0.717) is 0 Å². The van der Waals surface area contributed by atoms with Gasteiger partial charge in [-0.2, -0.15) is 0 Å². The lowest BCUT2D eigenvalue weighted by Gasteiger charge is -2.03. The van der Waals surface area contributed by atoms with Crippen LogP contribution in [0.5, 0.6) is 0 Å². The Bertz CT molecular complexity index is 1070. The first-order valence-electron chi connectivity index (χ1n) is 19.4. The summed E-state index contributed by atoms with van der Waals surface area (Å²) in [6.45, 7) is 0. The van der Waals surface area contributed by atoms with Gasteiger partial charge in [-0.25, -0.2) is 0 Å². The van der Waals surface area contributed by atoms with Gasteiger partial charge in [0.2, 0.25) is 5.78 Å². The Labute approximate surface area is 297 Å². The molecule has 0 amide bonds. The molecule has 0 aromatic rings. The lowest BCUT2D eigenvalue weighted by Crippen LogP contribution is -1.97. The van der Waals surface area contributed by atoms with Crippen molar-refractivity contribution in [1.82, 2.24) is 0 Å². The molecule has 0 bridgehead atoms. The van der Waals surface area contributed by atoms with Crippen molar-refractivity contribution in [3.63, 3.8) is 0 Å². The Morgan fingerprint density at radius 3 is 1.44 bits per heavy atom. The highest BCUT2D eigenvalue weighted by Crippen LogP contribution is 2.14. The van der Waals surface area contributed by atoms with Crippen molar-refractivity contribution in [2.24, 2.45) is 0 Å². The molecule has 2 nitrogen and oxygen atoms in total. The second-order valence-corrected chi connectivity index (χ2v) is 12.8. The number of hydrogen-bond acceptors (Lipinski definition) is 2. The smallest absolute Gasteiger partial charge is 0.228 e. The van der Waals surface area contributed by atoms with Gasteiger partial charge >= 0.3 is 0 Å². The van der Waals surface area contributed by atoms with E-state index in [1.165, 1.54) is 122 Å². The number of rotatable bonds is 31. The minimum absolute atomic E-state index is 0.250. The van der Waals surface area contributed by atoms with Crippen molar-refractivity contribution in [2.45, 2.75) is 186 Å². The standard InChI is InChI=1S/C46H68O2/c1-3-5-6-7-8-9-10-11-12-13-14-15-16-17-18-19-20-21-25-28-31-34-37-40-43-46(48)44-41-38-35-32-29-26-23-22-24-27-30-33-36-39-42-45(47)4-2/h1-2,21,23,25-26,34,37,39,42,46,48H,5-20,22,24,27-33,35-36,38H2/b25-21-,26-23-,37-34-,42-39+. The van der Waals surface area contributed by atoms with Crippen molar-refractivity contribution in [1.29, 1.82) is 0 Å². The van der Waals surface area contributed by atoms with E-state index in [2.05, 4.69) is 65.9 Å². The predicted molar refractivity (Wildman–Crippen MR) is 210 cm³/mol. The number of ketones is 1. The maximum absolute atomic E-state index is 11.0. The molecule has 1 N–H and O–H groups in total. The summed E-state index contributed by atoms with van der Waals surface area (Å²) in [5.74, 6) is 16.2. The molecule has 0 saturated heterocycles. The zero-order valence-electron chi connectivity index (χ0n) is 30.5. The van der Waals surface area contributed by atoms with E-state index in [1.807, 2.05) is 12.2 Å². The molecule has 0 saturated carbocycles. The van der Waals surface area contributed by atoms with Crippen LogP contribution >= 0.6 is 0 Å². The molecule has 0 radical (unpaired) electrons. The lowest BCUT2D eigenvalue weighted by atomic mass is 10.0. The second kappa shape index (κ2) is 40.0. The first-order chi connectivity index (χ1) is 23.7. The SMILES string of the molecule is C#CCCCCCCCCCCCCCCCC/C=C\CC/C=C\C#CC(O)C#CCCCC/C=C\CCCCCC/C=C/C(=O)C#C. The molecule has 48 heavy (non-hydrogen) atoms. The van der Waals surface area contributed by atoms with E-state index in [1.54, 1.807) is 0 Å². The highest BCUT2D eigenvalue weighted by atomic mass is 16.3. The van der Waals surface area contributed by atoms with Gasteiger partial charge in [-0.05, 0) is 95.1 Å². The zero-order chi connectivity index (χ0) is 34.9. The maximum Gasteiger partial charge on any atom is 0.228 e. The van der Waals surface area contributed by atoms with Gasteiger partial charge in [0.15, 0.2) is 6.10 Å². The van der Waals surface area contributed by atoms with E-state index in [-0.39, 0.29) is 5.78 Å². The van der Waals surface area contributed by atoms with Gasteiger partial charge < -0.3 is 5.11 Å². The second-order valence-electron chi connectivity index (χ2n) is 12.8. The van der Waals surface area contributed by atoms with E-state index in [4.69, 9.17) is 12.8 Å². The van der Waals surface area contributed by atoms with Crippen LogP contribution in [0.15, 0.2) is 48.6 Å². The number of carbonyl (C=O) groups is 1. The van der Waals surface area contributed by atoms with Crippen molar-refractivity contribution in [2.75, 3.05) is 0 Å². The molecule has 0 aliphatic rings. The summed E-state index contributed by atoms with van der Waals surface area (Å²) in [7, 11) is 0. The molecule has 2 heteroatoms. The normalized spacial score (nSPS) is 11.8. The van der Waals surface area contributed by atoms with Gasteiger partial charge in [0, 0.05) is 12.8 Å². The molecule has 1 atom stereocenters. The van der Waals surface area contributed by atoms with Crippen molar-refractivity contribution >= 4 is 5.78 Å². The highest BCUT2D eigenvalue weighted by molar-refractivity contribution is 6.03. The summed E-state index contributed by atoms with van der Waals surface area (Å²) in [6.07, 6.45) is 59.9. The molecule has 1 unspecified atom stereocenters. The van der Waals surface area contributed by atoms with Crippen molar-refractivity contribution < 1.29 is 9.90 Å². The highest BCUT2D eigenvalue weighted by Gasteiger charge is 1.95. The number of allylic oxidation sites excluding steroid dienone is 8. The van der Waals surface area contributed by atoms with Crippen molar-refractivity contribution in [3.05, 3.63) is 48.6 Å². The van der Waals surface area contributed by atoms with Crippen LogP contribution in [0.25, 0.3) is 0 Å². The maximum atomic E-state index is 11.0. The van der Waals surface area contributed by atoms with Crippen LogP contribution in [0.2, 0.25) is 0 Å². The fraction of sp³-hybridized carbons (Fsp3) is 0.630. The Hall–Kier alpha value is -3.17. The minimum atomic E-state index is -0.869. The van der Waals surface area contributed by atoms with Gasteiger partial charge in [0.25, 0.3) is 0 Å². The Balaban J connectivity index is 3.50. The minimum Gasteiger partial charge on any atom is -0.369 e.